The zero-order valence-corrected chi connectivity index (χ0v) is 13.2. The number of halogens is 1. The van der Waals surface area contributed by atoms with Crippen molar-refractivity contribution >= 4 is 21.7 Å². The molecule has 0 aliphatic rings. The van der Waals surface area contributed by atoms with Crippen molar-refractivity contribution in [3.8, 4) is 11.4 Å². The minimum absolute atomic E-state index is 0.0255. The molecule has 0 saturated carbocycles. The van der Waals surface area contributed by atoms with E-state index >= 15 is 0 Å². The van der Waals surface area contributed by atoms with Crippen molar-refractivity contribution < 1.29 is 22.7 Å². The number of benzene rings is 2. The van der Waals surface area contributed by atoms with Crippen molar-refractivity contribution in [1.29, 1.82) is 0 Å². The molecule has 0 unspecified atom stereocenters. The van der Waals surface area contributed by atoms with E-state index in [1.54, 1.807) is 0 Å². The Labute approximate surface area is 140 Å². The summed E-state index contributed by atoms with van der Waals surface area (Å²) in [6, 6.07) is 8.41. The molecule has 25 heavy (non-hydrogen) atoms. The van der Waals surface area contributed by atoms with Crippen LogP contribution in [0.25, 0.3) is 11.4 Å². The summed E-state index contributed by atoms with van der Waals surface area (Å²) < 4.78 is 41.1. The number of hydrogen-bond donors (Lipinski definition) is 3. The van der Waals surface area contributed by atoms with Crippen LogP contribution in [0.4, 0.5) is 10.1 Å². The fourth-order valence-corrected chi connectivity index (χ4v) is 3.13. The Morgan fingerprint density at radius 1 is 1.20 bits per heavy atom. The highest BCUT2D eigenvalue weighted by Gasteiger charge is 2.19. The van der Waals surface area contributed by atoms with Crippen LogP contribution in [-0.4, -0.2) is 40.1 Å². The number of carboxylic acid groups (broad SMARTS) is 1. The minimum atomic E-state index is -4.08. The Morgan fingerprint density at radius 3 is 2.68 bits per heavy atom. The number of rotatable bonds is 5. The standard InChI is InChI=1S/C14H10FN5O4S/c15-12-5-4-10(7-11(12)13-16-19-20-17-13)25(23,24)18-9-3-1-2-8(6-9)14(21)22/h1-7,18H,(H,21,22)(H,16,17,19,20). The molecular formula is C14H10FN5O4S. The molecule has 0 aliphatic carbocycles. The molecule has 1 heterocycles. The summed E-state index contributed by atoms with van der Waals surface area (Å²) >= 11 is 0. The number of aromatic nitrogens is 4. The van der Waals surface area contributed by atoms with Crippen molar-refractivity contribution in [3.63, 3.8) is 0 Å². The molecule has 0 radical (unpaired) electrons. The summed E-state index contributed by atoms with van der Waals surface area (Å²) in [6.45, 7) is 0. The average Bonchev–Trinajstić information content (AvgIpc) is 3.09. The molecule has 3 aromatic rings. The van der Waals surface area contributed by atoms with Crippen molar-refractivity contribution in [1.82, 2.24) is 20.6 Å². The van der Waals surface area contributed by atoms with E-state index in [1.165, 1.54) is 24.3 Å². The van der Waals surface area contributed by atoms with Crippen LogP contribution in [0.2, 0.25) is 0 Å². The molecule has 11 heteroatoms. The van der Waals surface area contributed by atoms with Gasteiger partial charge < -0.3 is 5.11 Å². The van der Waals surface area contributed by atoms with Gasteiger partial charge in [-0.15, -0.1) is 5.10 Å². The zero-order valence-electron chi connectivity index (χ0n) is 12.3. The maximum Gasteiger partial charge on any atom is 0.335 e. The van der Waals surface area contributed by atoms with Gasteiger partial charge in [-0.05, 0) is 46.8 Å². The van der Waals surface area contributed by atoms with E-state index in [2.05, 4.69) is 25.3 Å². The van der Waals surface area contributed by atoms with Crippen molar-refractivity contribution in [2.24, 2.45) is 0 Å². The average molecular weight is 363 g/mol. The number of nitrogens with zero attached hydrogens (tertiary/aromatic N) is 3. The van der Waals surface area contributed by atoms with Gasteiger partial charge in [-0.1, -0.05) is 6.07 Å². The summed E-state index contributed by atoms with van der Waals surface area (Å²) in [5.41, 5.74) is -0.132. The molecule has 0 amide bonds. The van der Waals surface area contributed by atoms with Crippen molar-refractivity contribution in [3.05, 3.63) is 53.8 Å². The third-order valence-electron chi connectivity index (χ3n) is 3.21. The van der Waals surface area contributed by atoms with Gasteiger partial charge in [0.05, 0.1) is 16.0 Å². The lowest BCUT2D eigenvalue weighted by atomic mass is 10.2. The van der Waals surface area contributed by atoms with Gasteiger partial charge >= 0.3 is 5.97 Å². The van der Waals surface area contributed by atoms with Gasteiger partial charge in [0, 0.05) is 5.69 Å². The smallest absolute Gasteiger partial charge is 0.335 e. The highest BCUT2D eigenvalue weighted by Crippen LogP contribution is 2.24. The number of aromatic carboxylic acids is 1. The quantitative estimate of drug-likeness (QED) is 0.624. The highest BCUT2D eigenvalue weighted by molar-refractivity contribution is 7.92. The Hall–Kier alpha value is -3.34. The van der Waals surface area contributed by atoms with E-state index in [4.69, 9.17) is 5.11 Å². The number of carbonyl (C=O) groups is 1. The molecule has 0 fully saturated rings. The molecule has 1 aromatic heterocycles. The first-order valence-electron chi connectivity index (χ1n) is 6.76. The van der Waals surface area contributed by atoms with E-state index in [1.807, 2.05) is 0 Å². The van der Waals surface area contributed by atoms with Gasteiger partial charge in [0.2, 0.25) is 0 Å². The molecule has 0 saturated heterocycles. The topological polar surface area (TPSA) is 138 Å². The summed E-state index contributed by atoms with van der Waals surface area (Å²) in [5, 5.41) is 21.5. The molecule has 2 aromatic carbocycles. The van der Waals surface area contributed by atoms with Crippen LogP contribution in [0, 0.1) is 5.82 Å². The predicted octanol–water partition coefficient (Wildman–Crippen LogP) is 1.50. The van der Waals surface area contributed by atoms with Gasteiger partial charge in [-0.3, -0.25) is 4.72 Å². The van der Waals surface area contributed by atoms with Gasteiger partial charge in [0.1, 0.15) is 5.82 Å². The first kappa shape index (κ1) is 16.5. The number of hydrogen-bond acceptors (Lipinski definition) is 6. The number of carboxylic acids is 1. The predicted molar refractivity (Wildman–Crippen MR) is 83.8 cm³/mol. The zero-order chi connectivity index (χ0) is 18.0. The fourth-order valence-electron chi connectivity index (χ4n) is 2.06. The molecule has 0 atom stereocenters. The monoisotopic (exact) mass is 363 g/mol. The maximum absolute atomic E-state index is 13.9. The number of nitrogens with one attached hydrogen (secondary N) is 2. The number of anilines is 1. The summed E-state index contributed by atoms with van der Waals surface area (Å²) in [4.78, 5) is 10.7. The van der Waals surface area contributed by atoms with Gasteiger partial charge in [-0.25, -0.2) is 22.7 Å². The van der Waals surface area contributed by atoms with Crippen LogP contribution < -0.4 is 4.72 Å². The Balaban J connectivity index is 1.97. The van der Waals surface area contributed by atoms with Gasteiger partial charge in [-0.2, -0.15) is 0 Å². The van der Waals surface area contributed by atoms with Crippen LogP contribution in [0.3, 0.4) is 0 Å². The summed E-state index contributed by atoms with van der Waals surface area (Å²) in [7, 11) is -4.08. The Morgan fingerprint density at radius 2 is 2.00 bits per heavy atom. The van der Waals surface area contributed by atoms with Crippen LogP contribution >= 0.6 is 0 Å². The molecule has 128 valence electrons. The third kappa shape index (κ3) is 3.45. The Bertz CT molecular complexity index is 1040. The first-order chi connectivity index (χ1) is 11.9. The second-order valence-corrected chi connectivity index (χ2v) is 6.57. The lowest BCUT2D eigenvalue weighted by Crippen LogP contribution is -2.13. The highest BCUT2D eigenvalue weighted by atomic mass is 32.2. The number of H-pyrrole nitrogens is 1. The second-order valence-electron chi connectivity index (χ2n) is 4.88. The third-order valence-corrected chi connectivity index (χ3v) is 4.59. The van der Waals surface area contributed by atoms with Crippen LogP contribution in [0.5, 0.6) is 0 Å². The lowest BCUT2D eigenvalue weighted by molar-refractivity contribution is 0.0697. The normalized spacial score (nSPS) is 11.2. The van der Waals surface area contributed by atoms with Crippen LogP contribution in [-0.2, 0) is 10.0 Å². The van der Waals surface area contributed by atoms with E-state index in [-0.39, 0.29) is 27.5 Å². The molecule has 0 bridgehead atoms. The van der Waals surface area contributed by atoms with Gasteiger partial charge in [0.15, 0.2) is 5.82 Å². The molecule has 0 aliphatic heterocycles. The van der Waals surface area contributed by atoms with E-state index in [0.29, 0.717) is 0 Å². The number of sulfonamides is 1. The maximum atomic E-state index is 13.9. The largest absolute Gasteiger partial charge is 0.478 e. The molecule has 0 spiro atoms. The van der Waals surface area contributed by atoms with E-state index in [9.17, 15) is 17.6 Å². The fraction of sp³-hybridized carbons (Fsp3) is 0. The summed E-state index contributed by atoms with van der Waals surface area (Å²) in [6.07, 6.45) is 0. The molecule has 9 nitrogen and oxygen atoms in total. The molecular weight excluding hydrogens is 353 g/mol. The van der Waals surface area contributed by atoms with Crippen molar-refractivity contribution in [2.45, 2.75) is 4.90 Å². The number of aromatic amines is 1. The van der Waals surface area contributed by atoms with E-state index in [0.717, 1.165) is 18.2 Å². The lowest BCUT2D eigenvalue weighted by Gasteiger charge is -2.10. The number of tetrazole rings is 1. The molecule has 3 N–H and O–H groups in total. The SMILES string of the molecule is O=C(O)c1cccc(NS(=O)(=O)c2ccc(F)c(-c3nnn[nH]3)c2)c1. The van der Waals surface area contributed by atoms with Crippen LogP contribution in [0.15, 0.2) is 47.4 Å². The Kier molecular flexibility index (Phi) is 4.15. The first-order valence-corrected chi connectivity index (χ1v) is 8.25. The van der Waals surface area contributed by atoms with E-state index < -0.39 is 21.8 Å². The minimum Gasteiger partial charge on any atom is -0.478 e. The van der Waals surface area contributed by atoms with Crippen molar-refractivity contribution in [2.75, 3.05) is 4.72 Å². The summed E-state index contributed by atoms with van der Waals surface area (Å²) in [5.74, 6) is -1.92. The van der Waals surface area contributed by atoms with Gasteiger partial charge in [0.25, 0.3) is 10.0 Å². The second kappa shape index (κ2) is 6.28. The molecule has 3 rings (SSSR count). The van der Waals surface area contributed by atoms with Crippen LogP contribution in [0.1, 0.15) is 10.4 Å².